The highest BCUT2D eigenvalue weighted by Crippen LogP contribution is 2.19. The van der Waals surface area contributed by atoms with E-state index in [1.807, 2.05) is 25.5 Å². The highest BCUT2D eigenvalue weighted by atomic mass is 16.5. The van der Waals surface area contributed by atoms with Crippen LogP contribution in [0.5, 0.6) is 0 Å². The number of methoxy groups -OCH3 is 1. The van der Waals surface area contributed by atoms with Gasteiger partial charge in [-0.15, -0.1) is 0 Å². The van der Waals surface area contributed by atoms with E-state index in [2.05, 4.69) is 27.3 Å². The maximum absolute atomic E-state index is 5.10. The Balaban J connectivity index is 2.29. The van der Waals surface area contributed by atoms with Crippen LogP contribution in [0.2, 0.25) is 0 Å². The highest BCUT2D eigenvalue weighted by Gasteiger charge is 2.08. The highest BCUT2D eigenvalue weighted by molar-refractivity contribution is 5.60. The molecule has 2 aromatic heterocycles. The Kier molecular flexibility index (Phi) is 5.06. The Hall–Kier alpha value is -1.95. The van der Waals surface area contributed by atoms with E-state index in [0.29, 0.717) is 13.0 Å². The summed E-state index contributed by atoms with van der Waals surface area (Å²) in [6.45, 7) is 3.64. The second kappa shape index (κ2) is 7.00. The summed E-state index contributed by atoms with van der Waals surface area (Å²) < 4.78 is 6.87. The van der Waals surface area contributed by atoms with Crippen molar-refractivity contribution in [3.63, 3.8) is 0 Å². The van der Waals surface area contributed by atoms with Gasteiger partial charge < -0.3 is 10.1 Å². The van der Waals surface area contributed by atoms with Crippen LogP contribution >= 0.6 is 0 Å². The van der Waals surface area contributed by atoms with E-state index in [-0.39, 0.29) is 0 Å². The first-order valence-corrected chi connectivity index (χ1v) is 6.82. The molecule has 2 rings (SSSR count). The topological polar surface area (TPSA) is 64.9 Å². The quantitative estimate of drug-likeness (QED) is 0.836. The zero-order valence-electron chi connectivity index (χ0n) is 12.3. The van der Waals surface area contributed by atoms with Crippen molar-refractivity contribution in [2.75, 3.05) is 25.6 Å². The van der Waals surface area contributed by atoms with Crippen molar-refractivity contribution in [1.82, 2.24) is 19.7 Å². The van der Waals surface area contributed by atoms with Gasteiger partial charge >= 0.3 is 0 Å². The van der Waals surface area contributed by atoms with Gasteiger partial charge in [-0.1, -0.05) is 6.92 Å². The van der Waals surface area contributed by atoms with Crippen LogP contribution in [0.4, 0.5) is 5.82 Å². The fourth-order valence-electron chi connectivity index (χ4n) is 1.85. The number of aryl methyl sites for hydroxylation is 1. The molecule has 1 N–H and O–H groups in total. The molecule has 0 atom stereocenters. The van der Waals surface area contributed by atoms with Gasteiger partial charge in [0, 0.05) is 44.9 Å². The Morgan fingerprint density at radius 3 is 2.85 bits per heavy atom. The van der Waals surface area contributed by atoms with E-state index in [4.69, 9.17) is 4.74 Å². The van der Waals surface area contributed by atoms with Crippen molar-refractivity contribution in [1.29, 1.82) is 0 Å². The van der Waals surface area contributed by atoms with Gasteiger partial charge in [-0.3, -0.25) is 4.68 Å². The summed E-state index contributed by atoms with van der Waals surface area (Å²) in [5.74, 6) is 1.64. The van der Waals surface area contributed by atoms with E-state index >= 15 is 0 Å². The van der Waals surface area contributed by atoms with Crippen LogP contribution in [0.15, 0.2) is 18.5 Å². The van der Waals surface area contributed by atoms with Crippen LogP contribution in [-0.2, 0) is 18.2 Å². The maximum atomic E-state index is 5.10. The van der Waals surface area contributed by atoms with Gasteiger partial charge in [0.05, 0.1) is 18.5 Å². The van der Waals surface area contributed by atoms with E-state index in [0.717, 1.165) is 35.9 Å². The molecule has 0 unspecified atom stereocenters. The maximum Gasteiger partial charge on any atom is 0.133 e. The van der Waals surface area contributed by atoms with Crippen LogP contribution < -0.4 is 5.32 Å². The standard InChI is InChI=1S/C14H21N5O/c1-4-6-15-14-8-12(11-9-16-19(2)10-11)17-13(18-14)5-7-20-3/h8-10H,4-7H2,1-3H3,(H,15,17,18). The molecule has 2 aromatic rings. The summed E-state index contributed by atoms with van der Waals surface area (Å²) >= 11 is 0. The van der Waals surface area contributed by atoms with Crippen molar-refractivity contribution in [2.24, 2.45) is 7.05 Å². The average molecular weight is 275 g/mol. The van der Waals surface area contributed by atoms with Gasteiger partial charge in [0.25, 0.3) is 0 Å². The average Bonchev–Trinajstić information content (AvgIpc) is 2.89. The minimum Gasteiger partial charge on any atom is -0.384 e. The van der Waals surface area contributed by atoms with Crippen molar-refractivity contribution in [3.8, 4) is 11.3 Å². The lowest BCUT2D eigenvalue weighted by molar-refractivity contribution is 0.200. The zero-order chi connectivity index (χ0) is 14.4. The second-order valence-electron chi connectivity index (χ2n) is 4.63. The van der Waals surface area contributed by atoms with Crippen LogP contribution in [0.25, 0.3) is 11.3 Å². The van der Waals surface area contributed by atoms with Crippen LogP contribution in [-0.4, -0.2) is 40.0 Å². The molecule has 0 spiro atoms. The molecule has 20 heavy (non-hydrogen) atoms. The third-order valence-electron chi connectivity index (χ3n) is 2.86. The van der Waals surface area contributed by atoms with Crippen LogP contribution in [0, 0.1) is 0 Å². The predicted molar refractivity (Wildman–Crippen MR) is 78.6 cm³/mol. The Bertz CT molecular complexity index is 526. The monoisotopic (exact) mass is 275 g/mol. The van der Waals surface area contributed by atoms with Gasteiger partial charge in [0.2, 0.25) is 0 Å². The first kappa shape index (κ1) is 14.5. The molecule has 6 heteroatoms. The smallest absolute Gasteiger partial charge is 0.133 e. The van der Waals surface area contributed by atoms with Crippen molar-refractivity contribution < 1.29 is 4.74 Å². The molecule has 0 bridgehead atoms. The lowest BCUT2D eigenvalue weighted by atomic mass is 10.2. The molecule has 0 aliphatic heterocycles. The van der Waals surface area contributed by atoms with Gasteiger partial charge in [0.15, 0.2) is 0 Å². The van der Waals surface area contributed by atoms with Crippen molar-refractivity contribution in [3.05, 3.63) is 24.3 Å². The lowest BCUT2D eigenvalue weighted by Gasteiger charge is -2.08. The number of hydrogen-bond acceptors (Lipinski definition) is 5. The van der Waals surface area contributed by atoms with Crippen molar-refractivity contribution in [2.45, 2.75) is 19.8 Å². The molecule has 6 nitrogen and oxygen atoms in total. The number of nitrogens with one attached hydrogen (secondary N) is 1. The fraction of sp³-hybridized carbons (Fsp3) is 0.500. The summed E-state index contributed by atoms with van der Waals surface area (Å²) in [4.78, 5) is 9.09. The molecule has 0 aliphatic carbocycles. The van der Waals surface area contributed by atoms with Crippen LogP contribution in [0.3, 0.4) is 0 Å². The minimum atomic E-state index is 0.615. The Morgan fingerprint density at radius 2 is 2.20 bits per heavy atom. The van der Waals surface area contributed by atoms with Gasteiger partial charge in [-0.25, -0.2) is 9.97 Å². The Morgan fingerprint density at radius 1 is 1.35 bits per heavy atom. The fourth-order valence-corrected chi connectivity index (χ4v) is 1.85. The molecule has 0 aliphatic rings. The molecule has 0 fully saturated rings. The SMILES string of the molecule is CCCNc1cc(-c2cnn(C)c2)nc(CCOC)n1. The summed E-state index contributed by atoms with van der Waals surface area (Å²) in [7, 11) is 3.58. The first-order chi connectivity index (χ1) is 9.72. The van der Waals surface area contributed by atoms with E-state index < -0.39 is 0 Å². The zero-order valence-corrected chi connectivity index (χ0v) is 12.3. The summed E-state index contributed by atoms with van der Waals surface area (Å²) in [5, 5.41) is 7.50. The third kappa shape index (κ3) is 3.77. The summed E-state index contributed by atoms with van der Waals surface area (Å²) in [6, 6.07) is 1.96. The van der Waals surface area contributed by atoms with E-state index in [1.54, 1.807) is 11.8 Å². The summed E-state index contributed by atoms with van der Waals surface area (Å²) in [6.07, 6.45) is 5.52. The molecule has 0 aromatic carbocycles. The number of ether oxygens (including phenoxy) is 1. The molecule has 0 radical (unpaired) electrons. The normalized spacial score (nSPS) is 10.8. The third-order valence-corrected chi connectivity index (χ3v) is 2.86. The molecule has 0 saturated carbocycles. The number of nitrogens with zero attached hydrogens (tertiary/aromatic N) is 4. The number of rotatable bonds is 7. The second-order valence-corrected chi connectivity index (χ2v) is 4.63. The predicted octanol–water partition coefficient (Wildman–Crippen LogP) is 1.89. The first-order valence-electron chi connectivity index (χ1n) is 6.82. The molecular weight excluding hydrogens is 254 g/mol. The van der Waals surface area contributed by atoms with E-state index in [1.165, 1.54) is 0 Å². The van der Waals surface area contributed by atoms with Crippen molar-refractivity contribution >= 4 is 5.82 Å². The molecule has 0 saturated heterocycles. The lowest BCUT2D eigenvalue weighted by Crippen LogP contribution is -2.07. The Labute approximate surface area is 119 Å². The summed E-state index contributed by atoms with van der Waals surface area (Å²) in [5.41, 5.74) is 1.88. The molecule has 108 valence electrons. The molecule has 0 amide bonds. The van der Waals surface area contributed by atoms with Gasteiger partial charge in [0.1, 0.15) is 11.6 Å². The largest absolute Gasteiger partial charge is 0.384 e. The van der Waals surface area contributed by atoms with Crippen LogP contribution in [0.1, 0.15) is 19.2 Å². The number of aromatic nitrogens is 4. The van der Waals surface area contributed by atoms with E-state index in [9.17, 15) is 0 Å². The van der Waals surface area contributed by atoms with Gasteiger partial charge in [-0.2, -0.15) is 5.10 Å². The molecular formula is C14H21N5O. The van der Waals surface area contributed by atoms with Gasteiger partial charge in [-0.05, 0) is 6.42 Å². The number of anilines is 1. The minimum absolute atomic E-state index is 0.615. The number of hydrogen-bond donors (Lipinski definition) is 1. The molecule has 2 heterocycles.